The van der Waals surface area contributed by atoms with Crippen molar-refractivity contribution in [3.8, 4) is 0 Å². The number of ether oxygens (including phenoxy) is 1. The average molecular weight is 348 g/mol. The van der Waals surface area contributed by atoms with E-state index >= 15 is 0 Å². The molecule has 1 aromatic carbocycles. The lowest BCUT2D eigenvalue weighted by Crippen LogP contribution is -2.48. The van der Waals surface area contributed by atoms with Crippen molar-refractivity contribution in [3.63, 3.8) is 0 Å². The first kappa shape index (κ1) is 17.1. The van der Waals surface area contributed by atoms with Crippen LogP contribution in [0.4, 0.5) is 9.59 Å². The smallest absolute Gasteiger partial charge is 0.410 e. The Morgan fingerprint density at radius 1 is 1.12 bits per heavy atom. The van der Waals surface area contributed by atoms with E-state index in [9.17, 15) is 14.4 Å². The van der Waals surface area contributed by atoms with Crippen LogP contribution in [0, 0.1) is 0 Å². The van der Waals surface area contributed by atoms with Crippen LogP contribution >= 0.6 is 0 Å². The lowest BCUT2D eigenvalue weighted by molar-refractivity contribution is 0.00430. The molecule has 0 aromatic heterocycles. The summed E-state index contributed by atoms with van der Waals surface area (Å²) in [5.41, 5.74) is 0.587. The fraction of sp³-hybridized carbons (Fsp3) is 0.471. The molecule has 134 valence electrons. The Morgan fingerprint density at radius 3 is 2.32 bits per heavy atom. The van der Waals surface area contributed by atoms with Crippen molar-refractivity contribution in [2.75, 3.05) is 26.2 Å². The highest BCUT2D eigenvalue weighted by Gasteiger charge is 2.47. The molecule has 2 aliphatic heterocycles. The Morgan fingerprint density at radius 2 is 1.76 bits per heavy atom. The molecular formula is C17H20N2O6. The zero-order chi connectivity index (χ0) is 18.0. The summed E-state index contributed by atoms with van der Waals surface area (Å²) in [6.07, 6.45) is 0.308. The van der Waals surface area contributed by atoms with E-state index in [2.05, 4.69) is 0 Å². The maximum absolute atomic E-state index is 12.1. The van der Waals surface area contributed by atoms with Gasteiger partial charge < -0.3 is 24.7 Å². The van der Waals surface area contributed by atoms with Crippen molar-refractivity contribution in [2.24, 2.45) is 0 Å². The SMILES string of the molecule is O=C(O)c1ccc(CCN2CC3(CCN(C(=O)O)CC3)OC2=O)cc1. The number of carboxylic acids is 1. The lowest BCUT2D eigenvalue weighted by Gasteiger charge is -2.36. The van der Waals surface area contributed by atoms with Gasteiger partial charge >= 0.3 is 18.2 Å². The summed E-state index contributed by atoms with van der Waals surface area (Å²) in [4.78, 5) is 36.9. The van der Waals surface area contributed by atoms with Crippen LogP contribution < -0.4 is 0 Å². The monoisotopic (exact) mass is 348 g/mol. The number of carbonyl (C=O) groups excluding carboxylic acids is 1. The molecule has 1 aromatic rings. The van der Waals surface area contributed by atoms with E-state index in [0.29, 0.717) is 45.4 Å². The lowest BCUT2D eigenvalue weighted by atomic mass is 9.91. The van der Waals surface area contributed by atoms with Gasteiger partial charge in [0.05, 0.1) is 12.1 Å². The number of amides is 2. The van der Waals surface area contributed by atoms with Gasteiger partial charge in [-0.2, -0.15) is 0 Å². The number of nitrogens with zero attached hydrogens (tertiary/aromatic N) is 2. The summed E-state index contributed by atoms with van der Waals surface area (Å²) >= 11 is 0. The molecule has 0 aliphatic carbocycles. The largest absolute Gasteiger partial charge is 0.478 e. The second-order valence-corrected chi connectivity index (χ2v) is 6.49. The van der Waals surface area contributed by atoms with Gasteiger partial charge in [0.25, 0.3) is 0 Å². The Bertz CT molecular complexity index is 679. The van der Waals surface area contributed by atoms with Crippen LogP contribution in [-0.2, 0) is 11.2 Å². The third kappa shape index (κ3) is 3.67. The van der Waals surface area contributed by atoms with Gasteiger partial charge in [-0.1, -0.05) is 12.1 Å². The maximum atomic E-state index is 12.1. The molecule has 2 saturated heterocycles. The molecule has 0 saturated carbocycles. The number of carboxylic acid groups (broad SMARTS) is 2. The number of carbonyl (C=O) groups is 3. The second kappa shape index (κ2) is 6.62. The van der Waals surface area contributed by atoms with Crippen molar-refractivity contribution in [1.29, 1.82) is 0 Å². The van der Waals surface area contributed by atoms with Crippen LogP contribution in [0.25, 0.3) is 0 Å². The minimum atomic E-state index is -0.968. The quantitative estimate of drug-likeness (QED) is 0.860. The third-order valence-corrected chi connectivity index (χ3v) is 4.86. The molecule has 2 fully saturated rings. The highest BCUT2D eigenvalue weighted by molar-refractivity contribution is 5.87. The molecule has 0 atom stereocenters. The van der Waals surface area contributed by atoms with Gasteiger partial charge in [0, 0.05) is 32.5 Å². The third-order valence-electron chi connectivity index (χ3n) is 4.86. The van der Waals surface area contributed by atoms with Crippen LogP contribution in [-0.4, -0.2) is 69.9 Å². The predicted octanol–water partition coefficient (Wildman–Crippen LogP) is 1.89. The molecular weight excluding hydrogens is 328 g/mol. The van der Waals surface area contributed by atoms with Crippen LogP contribution in [0.1, 0.15) is 28.8 Å². The summed E-state index contributed by atoms with van der Waals surface area (Å²) in [7, 11) is 0. The van der Waals surface area contributed by atoms with Gasteiger partial charge in [-0.25, -0.2) is 14.4 Å². The first-order valence-electron chi connectivity index (χ1n) is 8.17. The van der Waals surface area contributed by atoms with Crippen molar-refractivity contribution in [3.05, 3.63) is 35.4 Å². The fourth-order valence-electron chi connectivity index (χ4n) is 3.31. The average Bonchev–Trinajstić information content (AvgIpc) is 2.89. The van der Waals surface area contributed by atoms with Crippen molar-refractivity contribution in [1.82, 2.24) is 9.80 Å². The minimum absolute atomic E-state index is 0.230. The van der Waals surface area contributed by atoms with Gasteiger partial charge in [0.1, 0.15) is 5.60 Å². The molecule has 8 heteroatoms. The highest BCUT2D eigenvalue weighted by atomic mass is 16.6. The van der Waals surface area contributed by atoms with Crippen LogP contribution in [0.15, 0.2) is 24.3 Å². The first-order valence-corrected chi connectivity index (χ1v) is 8.17. The summed E-state index contributed by atoms with van der Waals surface area (Å²) in [6, 6.07) is 6.57. The molecule has 2 aliphatic rings. The van der Waals surface area contributed by atoms with Gasteiger partial charge in [0.2, 0.25) is 0 Å². The summed E-state index contributed by atoms with van der Waals surface area (Å²) in [5.74, 6) is -0.968. The Labute approximate surface area is 144 Å². The van der Waals surface area contributed by atoms with Crippen molar-refractivity contribution < 1.29 is 29.3 Å². The van der Waals surface area contributed by atoms with Crippen molar-refractivity contribution >= 4 is 18.2 Å². The van der Waals surface area contributed by atoms with E-state index in [0.717, 1.165) is 5.56 Å². The zero-order valence-electron chi connectivity index (χ0n) is 13.7. The molecule has 2 amide bonds. The Balaban J connectivity index is 1.55. The van der Waals surface area contributed by atoms with Crippen LogP contribution in [0.3, 0.4) is 0 Å². The number of hydrogen-bond donors (Lipinski definition) is 2. The molecule has 3 rings (SSSR count). The maximum Gasteiger partial charge on any atom is 0.410 e. The number of benzene rings is 1. The predicted molar refractivity (Wildman–Crippen MR) is 86.7 cm³/mol. The summed E-state index contributed by atoms with van der Waals surface area (Å²) in [5, 5.41) is 17.9. The zero-order valence-corrected chi connectivity index (χ0v) is 13.7. The van der Waals surface area contributed by atoms with Gasteiger partial charge in [0.15, 0.2) is 0 Å². The fourth-order valence-corrected chi connectivity index (χ4v) is 3.31. The van der Waals surface area contributed by atoms with E-state index in [1.165, 1.54) is 4.90 Å². The molecule has 1 spiro atoms. The molecule has 2 heterocycles. The van der Waals surface area contributed by atoms with Crippen LogP contribution in [0.5, 0.6) is 0 Å². The Kier molecular flexibility index (Phi) is 4.52. The van der Waals surface area contributed by atoms with E-state index in [4.69, 9.17) is 14.9 Å². The second-order valence-electron chi connectivity index (χ2n) is 6.49. The minimum Gasteiger partial charge on any atom is -0.478 e. The molecule has 25 heavy (non-hydrogen) atoms. The number of aromatic carboxylic acids is 1. The number of likely N-dealkylation sites (tertiary alicyclic amines) is 1. The van der Waals surface area contributed by atoms with Gasteiger partial charge in [-0.15, -0.1) is 0 Å². The molecule has 0 unspecified atom stereocenters. The van der Waals surface area contributed by atoms with E-state index in [1.54, 1.807) is 29.2 Å². The number of piperidine rings is 1. The first-order chi connectivity index (χ1) is 11.9. The van der Waals surface area contributed by atoms with Crippen LogP contribution in [0.2, 0.25) is 0 Å². The normalized spacial score (nSPS) is 19.1. The van der Waals surface area contributed by atoms with E-state index in [1.807, 2.05) is 0 Å². The highest BCUT2D eigenvalue weighted by Crippen LogP contribution is 2.33. The van der Waals surface area contributed by atoms with E-state index < -0.39 is 17.7 Å². The Hall–Kier alpha value is -2.77. The van der Waals surface area contributed by atoms with Crippen molar-refractivity contribution in [2.45, 2.75) is 24.9 Å². The summed E-state index contributed by atoms with van der Waals surface area (Å²) in [6.45, 7) is 1.68. The summed E-state index contributed by atoms with van der Waals surface area (Å²) < 4.78 is 5.56. The van der Waals surface area contributed by atoms with E-state index in [-0.39, 0.29) is 11.7 Å². The molecule has 8 nitrogen and oxygen atoms in total. The molecule has 0 radical (unpaired) electrons. The molecule has 2 N–H and O–H groups in total. The van der Waals surface area contributed by atoms with Gasteiger partial charge in [-0.05, 0) is 24.1 Å². The topological polar surface area (TPSA) is 107 Å². The standard InChI is InChI=1S/C17H20N2O6/c20-14(21)13-3-1-12(2-4-13)5-8-19-11-17(25-16(19)24)6-9-18(10-7-17)15(22)23/h1-4H,5-11H2,(H,20,21)(H,22,23). The molecule has 0 bridgehead atoms. The van der Waals surface area contributed by atoms with Gasteiger partial charge in [-0.3, -0.25) is 0 Å². The number of rotatable bonds is 4. The number of hydrogen-bond acceptors (Lipinski definition) is 4.